The summed E-state index contributed by atoms with van der Waals surface area (Å²) < 4.78 is 5.85. The first kappa shape index (κ1) is 16.8. The summed E-state index contributed by atoms with van der Waals surface area (Å²) in [6.07, 6.45) is 5.04. The van der Waals surface area contributed by atoms with Crippen molar-refractivity contribution in [2.75, 3.05) is 6.61 Å². The fraction of sp³-hybridized carbons (Fsp3) is 0.667. The smallest absolute Gasteiger partial charge is 0.0589 e. The van der Waals surface area contributed by atoms with Crippen molar-refractivity contribution < 1.29 is 4.74 Å². The van der Waals surface area contributed by atoms with E-state index in [-0.39, 0.29) is 0 Å². The third-order valence-electron chi connectivity index (χ3n) is 4.29. The number of rotatable bonds is 6. The van der Waals surface area contributed by atoms with Crippen LogP contribution in [0.1, 0.15) is 58.1 Å². The van der Waals surface area contributed by atoms with Gasteiger partial charge in [0.25, 0.3) is 0 Å². The maximum Gasteiger partial charge on any atom is 0.0589 e. The molecule has 1 aliphatic rings. The molecule has 1 aromatic rings. The summed E-state index contributed by atoms with van der Waals surface area (Å²) in [5.74, 6) is 0.554. The van der Waals surface area contributed by atoms with Crippen LogP contribution in [-0.2, 0) is 4.74 Å². The molecule has 0 bridgehead atoms. The van der Waals surface area contributed by atoms with Gasteiger partial charge >= 0.3 is 0 Å². The standard InChI is InChI=1S/C18H28ClNO/c1-4-5-17-12-16(10-11-21-17)20-18(13(2)3)14-6-8-15(19)9-7-14/h6-9,13,16-18,20H,4-5,10-12H2,1-3H3. The van der Waals surface area contributed by atoms with Crippen molar-refractivity contribution in [3.8, 4) is 0 Å². The van der Waals surface area contributed by atoms with Crippen LogP contribution in [0.4, 0.5) is 0 Å². The van der Waals surface area contributed by atoms with Crippen molar-refractivity contribution in [2.24, 2.45) is 5.92 Å². The first-order valence-electron chi connectivity index (χ1n) is 8.23. The first-order chi connectivity index (χ1) is 10.1. The van der Waals surface area contributed by atoms with Gasteiger partial charge in [0, 0.05) is 23.7 Å². The van der Waals surface area contributed by atoms with Crippen molar-refractivity contribution >= 4 is 11.6 Å². The van der Waals surface area contributed by atoms with Gasteiger partial charge < -0.3 is 10.1 Å². The quantitative estimate of drug-likeness (QED) is 0.800. The minimum Gasteiger partial charge on any atom is -0.378 e. The van der Waals surface area contributed by atoms with Crippen LogP contribution in [0.5, 0.6) is 0 Å². The molecule has 0 aromatic heterocycles. The molecule has 118 valence electrons. The molecule has 1 N–H and O–H groups in total. The second-order valence-corrected chi connectivity index (χ2v) is 6.88. The zero-order valence-corrected chi connectivity index (χ0v) is 14.2. The second-order valence-electron chi connectivity index (χ2n) is 6.44. The zero-order valence-electron chi connectivity index (χ0n) is 13.4. The topological polar surface area (TPSA) is 21.3 Å². The first-order valence-corrected chi connectivity index (χ1v) is 8.61. The maximum absolute atomic E-state index is 6.00. The molecule has 3 atom stereocenters. The molecule has 2 nitrogen and oxygen atoms in total. The van der Waals surface area contributed by atoms with E-state index in [1.807, 2.05) is 12.1 Å². The lowest BCUT2D eigenvalue weighted by atomic mass is 9.92. The number of hydrogen-bond donors (Lipinski definition) is 1. The Morgan fingerprint density at radius 3 is 2.62 bits per heavy atom. The SMILES string of the molecule is CCCC1CC(NC(c2ccc(Cl)cc2)C(C)C)CCO1. The maximum atomic E-state index is 6.00. The highest BCUT2D eigenvalue weighted by Crippen LogP contribution is 2.27. The number of halogens is 1. The molecule has 0 spiro atoms. The molecule has 0 saturated carbocycles. The van der Waals surface area contributed by atoms with Gasteiger partial charge in [-0.1, -0.05) is 50.9 Å². The fourth-order valence-corrected chi connectivity index (χ4v) is 3.28. The highest BCUT2D eigenvalue weighted by molar-refractivity contribution is 6.30. The van der Waals surface area contributed by atoms with Crippen LogP contribution in [0.3, 0.4) is 0 Å². The van der Waals surface area contributed by atoms with E-state index in [9.17, 15) is 0 Å². The van der Waals surface area contributed by atoms with Crippen LogP contribution in [0.2, 0.25) is 5.02 Å². The van der Waals surface area contributed by atoms with Gasteiger partial charge in [-0.3, -0.25) is 0 Å². The Labute approximate surface area is 134 Å². The van der Waals surface area contributed by atoms with E-state index in [4.69, 9.17) is 16.3 Å². The third kappa shape index (κ3) is 4.98. The summed E-state index contributed by atoms with van der Waals surface area (Å²) in [5, 5.41) is 4.66. The molecule has 1 saturated heterocycles. The van der Waals surface area contributed by atoms with Crippen LogP contribution in [0, 0.1) is 5.92 Å². The van der Waals surface area contributed by atoms with Gasteiger partial charge in [0.2, 0.25) is 0 Å². The largest absolute Gasteiger partial charge is 0.378 e. The molecule has 2 rings (SSSR count). The number of benzene rings is 1. The van der Waals surface area contributed by atoms with Crippen LogP contribution >= 0.6 is 11.6 Å². The molecule has 1 aromatic carbocycles. The molecule has 1 heterocycles. The Balaban J connectivity index is 2.01. The molecule has 0 aliphatic carbocycles. The lowest BCUT2D eigenvalue weighted by Crippen LogP contribution is -2.42. The average Bonchev–Trinajstić information content (AvgIpc) is 2.46. The van der Waals surface area contributed by atoms with Crippen molar-refractivity contribution in [2.45, 2.75) is 64.6 Å². The summed E-state index contributed by atoms with van der Waals surface area (Å²) in [5.41, 5.74) is 1.33. The van der Waals surface area contributed by atoms with E-state index in [1.165, 1.54) is 18.4 Å². The van der Waals surface area contributed by atoms with Crippen molar-refractivity contribution in [1.29, 1.82) is 0 Å². The van der Waals surface area contributed by atoms with Crippen LogP contribution < -0.4 is 5.32 Å². The van der Waals surface area contributed by atoms with Crippen LogP contribution in [0.15, 0.2) is 24.3 Å². The van der Waals surface area contributed by atoms with Gasteiger partial charge in [0.15, 0.2) is 0 Å². The molecule has 21 heavy (non-hydrogen) atoms. The summed E-state index contributed by atoms with van der Waals surface area (Å²) >= 11 is 6.00. The van der Waals surface area contributed by atoms with E-state index in [0.29, 0.717) is 24.1 Å². The zero-order chi connectivity index (χ0) is 15.2. The predicted octanol–water partition coefficient (Wildman–Crippen LogP) is 4.97. The van der Waals surface area contributed by atoms with Crippen LogP contribution in [-0.4, -0.2) is 18.8 Å². The van der Waals surface area contributed by atoms with Crippen molar-refractivity contribution in [3.05, 3.63) is 34.9 Å². The van der Waals surface area contributed by atoms with Crippen molar-refractivity contribution in [3.63, 3.8) is 0 Å². The van der Waals surface area contributed by atoms with Crippen LogP contribution in [0.25, 0.3) is 0 Å². The third-order valence-corrected chi connectivity index (χ3v) is 4.54. The summed E-state index contributed by atoms with van der Waals surface area (Å²) in [6, 6.07) is 9.19. The number of ether oxygens (including phenoxy) is 1. The van der Waals surface area contributed by atoms with E-state index in [1.54, 1.807) is 0 Å². The van der Waals surface area contributed by atoms with Gasteiger partial charge in [-0.25, -0.2) is 0 Å². The normalized spacial score (nSPS) is 24.2. The number of nitrogens with one attached hydrogen (secondary N) is 1. The lowest BCUT2D eigenvalue weighted by Gasteiger charge is -2.34. The summed E-state index contributed by atoms with van der Waals surface area (Å²) in [7, 11) is 0. The van der Waals surface area contributed by atoms with E-state index < -0.39 is 0 Å². The molecule has 0 amide bonds. The lowest BCUT2D eigenvalue weighted by molar-refractivity contribution is -0.00607. The van der Waals surface area contributed by atoms with Crippen molar-refractivity contribution in [1.82, 2.24) is 5.32 Å². The number of hydrogen-bond acceptors (Lipinski definition) is 2. The second kappa shape index (κ2) is 8.17. The minimum absolute atomic E-state index is 0.382. The Kier molecular flexibility index (Phi) is 6.53. The van der Waals surface area contributed by atoms with Gasteiger partial charge in [-0.2, -0.15) is 0 Å². The molecule has 3 unspecified atom stereocenters. The predicted molar refractivity (Wildman–Crippen MR) is 89.8 cm³/mol. The molecule has 1 aliphatic heterocycles. The monoisotopic (exact) mass is 309 g/mol. The highest BCUT2D eigenvalue weighted by atomic mass is 35.5. The Morgan fingerprint density at radius 2 is 2.00 bits per heavy atom. The molecular formula is C18H28ClNO. The van der Waals surface area contributed by atoms with E-state index in [0.717, 1.165) is 24.5 Å². The average molecular weight is 310 g/mol. The van der Waals surface area contributed by atoms with Gasteiger partial charge in [0.05, 0.1) is 6.10 Å². The Morgan fingerprint density at radius 1 is 1.29 bits per heavy atom. The van der Waals surface area contributed by atoms with Gasteiger partial charge in [-0.15, -0.1) is 0 Å². The molecule has 3 heteroatoms. The summed E-state index contributed by atoms with van der Waals surface area (Å²) in [4.78, 5) is 0. The minimum atomic E-state index is 0.382. The molecular weight excluding hydrogens is 282 g/mol. The Bertz CT molecular complexity index is 416. The summed E-state index contributed by atoms with van der Waals surface area (Å²) in [6.45, 7) is 7.66. The fourth-order valence-electron chi connectivity index (χ4n) is 3.15. The molecule has 1 fully saturated rings. The molecule has 0 radical (unpaired) electrons. The van der Waals surface area contributed by atoms with E-state index in [2.05, 4.69) is 38.2 Å². The van der Waals surface area contributed by atoms with Gasteiger partial charge in [-0.05, 0) is 42.9 Å². The highest BCUT2D eigenvalue weighted by Gasteiger charge is 2.25. The van der Waals surface area contributed by atoms with E-state index >= 15 is 0 Å². The van der Waals surface area contributed by atoms with Gasteiger partial charge in [0.1, 0.15) is 0 Å². The Hall–Kier alpha value is -0.570.